The molecule has 9 heteroatoms. The molecule has 1 aliphatic rings. The number of ether oxygens (including phenoxy) is 1. The maximum atomic E-state index is 10.5. The van der Waals surface area contributed by atoms with E-state index in [0.29, 0.717) is 30.2 Å². The Morgan fingerprint density at radius 2 is 1.96 bits per heavy atom. The van der Waals surface area contributed by atoms with Crippen LogP contribution in [0, 0.1) is 0 Å². The monoisotopic (exact) mass is 379 g/mol. The van der Waals surface area contributed by atoms with Gasteiger partial charge in [0.15, 0.2) is 5.82 Å². The van der Waals surface area contributed by atoms with Gasteiger partial charge in [0.05, 0.1) is 24.2 Å². The van der Waals surface area contributed by atoms with Crippen LogP contribution in [-0.2, 0) is 6.42 Å². The molecule has 3 aromatic rings. The Balaban J connectivity index is 1.74. The van der Waals surface area contributed by atoms with Gasteiger partial charge in [-0.15, -0.1) is 0 Å². The number of benzene rings is 1. The molecule has 28 heavy (non-hydrogen) atoms. The molecule has 0 amide bonds. The van der Waals surface area contributed by atoms with Crippen molar-refractivity contribution in [2.45, 2.75) is 25.6 Å². The molecule has 2 atom stereocenters. The van der Waals surface area contributed by atoms with Gasteiger partial charge in [0.1, 0.15) is 6.23 Å². The second kappa shape index (κ2) is 7.37. The maximum Gasteiger partial charge on any atom is 0.257 e. The van der Waals surface area contributed by atoms with E-state index in [-0.39, 0.29) is 17.8 Å². The standard InChI is InChI=1S/C19H21N7O2/c1-2-28-18-16(20)22-9-15(25-18)11-6-4-3-5-10(11)13-7-14-12(17(27)24-13)8-23-19(21)26-14/h3-6,8-9,13,17,24,27H,2,7H2,1H3,(H2,20,22)(H2,21,23,26)/t13-,17?/m1/s1. The summed E-state index contributed by atoms with van der Waals surface area (Å²) in [5, 5.41) is 13.7. The Hall–Kier alpha value is -3.30. The van der Waals surface area contributed by atoms with Crippen LogP contribution in [0.5, 0.6) is 5.88 Å². The van der Waals surface area contributed by atoms with Gasteiger partial charge in [-0.3, -0.25) is 5.32 Å². The van der Waals surface area contributed by atoms with Gasteiger partial charge in [-0.05, 0) is 12.5 Å². The molecular weight excluding hydrogens is 358 g/mol. The number of rotatable bonds is 4. The fraction of sp³-hybridized carbons (Fsp3) is 0.263. The highest BCUT2D eigenvalue weighted by Crippen LogP contribution is 2.35. The summed E-state index contributed by atoms with van der Waals surface area (Å²) in [5.41, 5.74) is 15.4. The molecule has 4 rings (SSSR count). The van der Waals surface area contributed by atoms with E-state index in [2.05, 4.69) is 25.3 Å². The summed E-state index contributed by atoms with van der Waals surface area (Å²) < 4.78 is 5.48. The fourth-order valence-corrected chi connectivity index (χ4v) is 3.35. The van der Waals surface area contributed by atoms with Gasteiger partial charge in [-0.25, -0.2) is 19.9 Å². The molecule has 1 aliphatic heterocycles. The molecular formula is C19H21N7O2. The zero-order valence-corrected chi connectivity index (χ0v) is 15.3. The van der Waals surface area contributed by atoms with Crippen LogP contribution < -0.4 is 21.5 Å². The average Bonchev–Trinajstić information content (AvgIpc) is 2.69. The van der Waals surface area contributed by atoms with Crippen molar-refractivity contribution in [2.75, 3.05) is 18.1 Å². The zero-order valence-electron chi connectivity index (χ0n) is 15.3. The molecule has 2 aromatic heterocycles. The summed E-state index contributed by atoms with van der Waals surface area (Å²) in [7, 11) is 0. The molecule has 0 fully saturated rings. The summed E-state index contributed by atoms with van der Waals surface area (Å²) >= 11 is 0. The largest absolute Gasteiger partial charge is 0.475 e. The molecule has 0 radical (unpaired) electrons. The Morgan fingerprint density at radius 3 is 2.79 bits per heavy atom. The first kappa shape index (κ1) is 18.1. The van der Waals surface area contributed by atoms with Crippen molar-refractivity contribution < 1.29 is 9.84 Å². The second-order valence-electron chi connectivity index (χ2n) is 6.42. The minimum Gasteiger partial charge on any atom is -0.475 e. The predicted molar refractivity (Wildman–Crippen MR) is 104 cm³/mol. The Morgan fingerprint density at radius 1 is 1.14 bits per heavy atom. The number of aliphatic hydroxyl groups is 1. The lowest BCUT2D eigenvalue weighted by molar-refractivity contribution is 0.111. The number of aliphatic hydroxyl groups excluding tert-OH is 1. The van der Waals surface area contributed by atoms with E-state index in [1.54, 1.807) is 12.4 Å². The van der Waals surface area contributed by atoms with Crippen molar-refractivity contribution >= 4 is 11.8 Å². The van der Waals surface area contributed by atoms with E-state index >= 15 is 0 Å². The van der Waals surface area contributed by atoms with Gasteiger partial charge in [-0.1, -0.05) is 24.3 Å². The number of nitrogens with two attached hydrogens (primary N) is 2. The number of hydrogen-bond donors (Lipinski definition) is 4. The molecule has 9 nitrogen and oxygen atoms in total. The maximum absolute atomic E-state index is 10.5. The van der Waals surface area contributed by atoms with Crippen molar-refractivity contribution in [2.24, 2.45) is 0 Å². The van der Waals surface area contributed by atoms with Crippen LogP contribution in [0.15, 0.2) is 36.7 Å². The van der Waals surface area contributed by atoms with E-state index < -0.39 is 6.23 Å². The van der Waals surface area contributed by atoms with Crippen LogP contribution in [-0.4, -0.2) is 31.6 Å². The number of anilines is 2. The van der Waals surface area contributed by atoms with Crippen LogP contribution in [0.25, 0.3) is 11.3 Å². The number of nitrogens with one attached hydrogen (secondary N) is 1. The van der Waals surface area contributed by atoms with E-state index in [9.17, 15) is 5.11 Å². The molecule has 0 bridgehead atoms. The predicted octanol–water partition coefficient (Wildman–Crippen LogP) is 1.37. The van der Waals surface area contributed by atoms with Gasteiger partial charge in [-0.2, -0.15) is 0 Å². The first-order valence-electron chi connectivity index (χ1n) is 8.96. The van der Waals surface area contributed by atoms with Gasteiger partial charge < -0.3 is 21.3 Å². The van der Waals surface area contributed by atoms with Crippen LogP contribution >= 0.6 is 0 Å². The minimum atomic E-state index is -0.890. The normalized spacial score (nSPS) is 18.5. The van der Waals surface area contributed by atoms with Crippen LogP contribution in [0.4, 0.5) is 11.8 Å². The van der Waals surface area contributed by atoms with E-state index in [0.717, 1.165) is 16.8 Å². The first-order valence-corrected chi connectivity index (χ1v) is 8.96. The third-order valence-electron chi connectivity index (χ3n) is 4.63. The van der Waals surface area contributed by atoms with Gasteiger partial charge >= 0.3 is 0 Å². The van der Waals surface area contributed by atoms with E-state index in [1.165, 1.54) is 0 Å². The highest BCUT2D eigenvalue weighted by molar-refractivity contribution is 5.65. The van der Waals surface area contributed by atoms with Crippen molar-refractivity contribution in [3.05, 3.63) is 53.5 Å². The van der Waals surface area contributed by atoms with E-state index in [1.807, 2.05) is 31.2 Å². The lowest BCUT2D eigenvalue weighted by Crippen LogP contribution is -2.34. The quantitative estimate of drug-likeness (QED) is 0.528. The molecule has 0 saturated heterocycles. The molecule has 1 aromatic carbocycles. The summed E-state index contributed by atoms with van der Waals surface area (Å²) in [4.78, 5) is 17.0. The highest BCUT2D eigenvalue weighted by atomic mass is 16.5. The lowest BCUT2D eigenvalue weighted by Gasteiger charge is -2.30. The van der Waals surface area contributed by atoms with Crippen molar-refractivity contribution in [1.29, 1.82) is 0 Å². The molecule has 144 valence electrons. The molecule has 1 unspecified atom stereocenters. The zero-order chi connectivity index (χ0) is 19.7. The minimum absolute atomic E-state index is 0.186. The number of aromatic nitrogens is 4. The third kappa shape index (κ3) is 3.32. The first-order chi connectivity index (χ1) is 13.6. The summed E-state index contributed by atoms with van der Waals surface area (Å²) in [5.74, 6) is 0.735. The van der Waals surface area contributed by atoms with Gasteiger partial charge in [0.25, 0.3) is 5.88 Å². The Bertz CT molecular complexity index is 1010. The van der Waals surface area contributed by atoms with Gasteiger partial charge in [0.2, 0.25) is 5.95 Å². The lowest BCUT2D eigenvalue weighted by atomic mass is 9.91. The molecule has 3 heterocycles. The SMILES string of the molecule is CCOc1nc(-c2ccccc2[C@H]2Cc3nc(N)ncc3C(O)N2)cnc1N. The van der Waals surface area contributed by atoms with Crippen LogP contribution in [0.3, 0.4) is 0 Å². The van der Waals surface area contributed by atoms with Crippen molar-refractivity contribution in [1.82, 2.24) is 25.3 Å². The molecule has 0 spiro atoms. The Kier molecular flexibility index (Phi) is 4.76. The fourth-order valence-electron chi connectivity index (χ4n) is 3.35. The summed E-state index contributed by atoms with van der Waals surface area (Å²) in [6.45, 7) is 2.30. The number of hydrogen-bond acceptors (Lipinski definition) is 9. The smallest absolute Gasteiger partial charge is 0.257 e. The average molecular weight is 379 g/mol. The van der Waals surface area contributed by atoms with Crippen LogP contribution in [0.2, 0.25) is 0 Å². The number of nitrogen functional groups attached to an aromatic ring is 2. The molecule has 0 aliphatic carbocycles. The third-order valence-corrected chi connectivity index (χ3v) is 4.63. The van der Waals surface area contributed by atoms with Crippen molar-refractivity contribution in [3.63, 3.8) is 0 Å². The molecule has 0 saturated carbocycles. The molecule has 6 N–H and O–H groups in total. The number of nitrogens with zero attached hydrogens (tertiary/aromatic N) is 4. The summed E-state index contributed by atoms with van der Waals surface area (Å²) in [6, 6.07) is 7.59. The van der Waals surface area contributed by atoms with E-state index in [4.69, 9.17) is 16.2 Å². The Labute approximate surface area is 161 Å². The topological polar surface area (TPSA) is 145 Å². The second-order valence-corrected chi connectivity index (χ2v) is 6.42. The van der Waals surface area contributed by atoms with Crippen LogP contribution in [0.1, 0.15) is 36.0 Å². The van der Waals surface area contributed by atoms with Crippen molar-refractivity contribution in [3.8, 4) is 17.1 Å². The van der Waals surface area contributed by atoms with Gasteiger partial charge in [0, 0.05) is 29.8 Å². The summed E-state index contributed by atoms with van der Waals surface area (Å²) in [6.07, 6.45) is 2.83. The number of fused-ring (bicyclic) bond motifs is 1. The highest BCUT2D eigenvalue weighted by Gasteiger charge is 2.29.